The first-order valence-electron chi connectivity index (χ1n) is 8.10. The number of benzene rings is 2. The number of para-hydroxylation sites is 1. The van der Waals surface area contributed by atoms with E-state index in [9.17, 15) is 9.59 Å². The number of hydrogen-bond donors (Lipinski definition) is 1. The van der Waals surface area contributed by atoms with E-state index in [1.807, 2.05) is 48.5 Å². The molecule has 0 radical (unpaired) electrons. The summed E-state index contributed by atoms with van der Waals surface area (Å²) in [5, 5.41) is 12.2. The predicted molar refractivity (Wildman–Crippen MR) is 95.9 cm³/mol. The summed E-state index contributed by atoms with van der Waals surface area (Å²) in [6, 6.07) is 18.5. The molecular formula is C18H18N6O2. The fourth-order valence-corrected chi connectivity index (χ4v) is 2.45. The Balaban J connectivity index is 1.75. The van der Waals surface area contributed by atoms with E-state index in [0.717, 1.165) is 5.56 Å². The van der Waals surface area contributed by atoms with Crippen LogP contribution in [0.25, 0.3) is 11.4 Å². The third kappa shape index (κ3) is 4.29. The van der Waals surface area contributed by atoms with Gasteiger partial charge in [0, 0.05) is 24.2 Å². The van der Waals surface area contributed by atoms with Crippen molar-refractivity contribution in [2.75, 3.05) is 11.4 Å². The summed E-state index contributed by atoms with van der Waals surface area (Å²) >= 11 is 0. The topological polar surface area (TPSA) is 107 Å². The molecular weight excluding hydrogens is 332 g/mol. The van der Waals surface area contributed by atoms with Gasteiger partial charge in [0.15, 0.2) is 0 Å². The first-order chi connectivity index (χ1) is 12.6. The van der Waals surface area contributed by atoms with Crippen molar-refractivity contribution >= 4 is 17.5 Å². The van der Waals surface area contributed by atoms with Crippen molar-refractivity contribution in [3.8, 4) is 11.4 Å². The lowest BCUT2D eigenvalue weighted by Crippen LogP contribution is -2.36. The molecule has 0 saturated heterocycles. The second-order valence-corrected chi connectivity index (χ2v) is 5.61. The number of hydrogen-bond acceptors (Lipinski definition) is 5. The number of carbonyl (C=O) groups is 2. The third-order valence-corrected chi connectivity index (χ3v) is 3.71. The van der Waals surface area contributed by atoms with Crippen LogP contribution in [-0.4, -0.2) is 38.6 Å². The molecule has 8 heteroatoms. The van der Waals surface area contributed by atoms with Gasteiger partial charge < -0.3 is 10.6 Å². The highest BCUT2D eigenvalue weighted by molar-refractivity contribution is 5.93. The molecule has 3 rings (SSSR count). The lowest BCUT2D eigenvalue weighted by atomic mass is 10.2. The molecule has 0 unspecified atom stereocenters. The maximum atomic E-state index is 12.7. The molecule has 2 amide bonds. The molecule has 26 heavy (non-hydrogen) atoms. The van der Waals surface area contributed by atoms with Crippen molar-refractivity contribution < 1.29 is 9.59 Å². The summed E-state index contributed by atoms with van der Waals surface area (Å²) in [5.41, 5.74) is 6.72. The Morgan fingerprint density at radius 1 is 1.00 bits per heavy atom. The zero-order valence-corrected chi connectivity index (χ0v) is 14.0. The molecule has 0 aliphatic rings. The molecule has 2 aromatic carbocycles. The number of tetrazole rings is 1. The Hall–Kier alpha value is -3.55. The Bertz CT molecular complexity index is 879. The van der Waals surface area contributed by atoms with Crippen LogP contribution < -0.4 is 10.6 Å². The highest BCUT2D eigenvalue weighted by Crippen LogP contribution is 2.15. The van der Waals surface area contributed by atoms with Crippen molar-refractivity contribution in [1.29, 1.82) is 0 Å². The normalized spacial score (nSPS) is 10.5. The standard InChI is InChI=1S/C18H18N6O2/c19-16(25)11-12-23(15-9-5-2-6-10-15)17(26)13-24-21-18(20-22-24)14-7-3-1-4-8-14/h1-10H,11-13H2,(H2,19,25). The summed E-state index contributed by atoms with van der Waals surface area (Å²) < 4.78 is 0. The number of nitrogens with zero attached hydrogens (tertiary/aromatic N) is 5. The predicted octanol–water partition coefficient (Wildman–Crippen LogP) is 1.25. The van der Waals surface area contributed by atoms with Gasteiger partial charge in [-0.05, 0) is 17.3 Å². The maximum Gasteiger partial charge on any atom is 0.250 e. The van der Waals surface area contributed by atoms with Crippen molar-refractivity contribution in [3.63, 3.8) is 0 Å². The Morgan fingerprint density at radius 2 is 1.65 bits per heavy atom. The first-order valence-corrected chi connectivity index (χ1v) is 8.10. The van der Waals surface area contributed by atoms with Crippen LogP contribution >= 0.6 is 0 Å². The molecule has 0 aliphatic carbocycles. The number of amides is 2. The second-order valence-electron chi connectivity index (χ2n) is 5.61. The van der Waals surface area contributed by atoms with Crippen molar-refractivity contribution in [2.24, 2.45) is 5.73 Å². The summed E-state index contributed by atoms with van der Waals surface area (Å²) in [6.45, 7) is 0.103. The van der Waals surface area contributed by atoms with Crippen LogP contribution in [0.1, 0.15) is 6.42 Å². The molecule has 0 spiro atoms. The Labute approximate surface area is 150 Å². The Kier molecular flexibility index (Phi) is 5.33. The number of carbonyl (C=O) groups excluding carboxylic acids is 2. The molecule has 1 aromatic heterocycles. The minimum absolute atomic E-state index is 0.0701. The zero-order chi connectivity index (χ0) is 18.4. The minimum atomic E-state index is -0.469. The van der Waals surface area contributed by atoms with Gasteiger partial charge >= 0.3 is 0 Å². The van der Waals surface area contributed by atoms with Gasteiger partial charge in [-0.25, -0.2) is 0 Å². The first kappa shape index (κ1) is 17.3. The lowest BCUT2D eigenvalue weighted by Gasteiger charge is -2.21. The quantitative estimate of drug-likeness (QED) is 0.690. The number of nitrogens with two attached hydrogens (primary N) is 1. The van der Waals surface area contributed by atoms with Gasteiger partial charge in [-0.15, -0.1) is 10.2 Å². The van der Waals surface area contributed by atoms with Crippen LogP contribution in [0, 0.1) is 0 Å². The molecule has 132 valence electrons. The third-order valence-electron chi connectivity index (χ3n) is 3.71. The summed E-state index contributed by atoms with van der Waals surface area (Å²) in [6.07, 6.45) is 0.0701. The molecule has 3 aromatic rings. The summed E-state index contributed by atoms with van der Waals surface area (Å²) in [7, 11) is 0. The smallest absolute Gasteiger partial charge is 0.250 e. The SMILES string of the molecule is NC(=O)CCN(C(=O)Cn1nnc(-c2ccccc2)n1)c1ccccc1. The van der Waals surface area contributed by atoms with Gasteiger partial charge in [-0.3, -0.25) is 9.59 Å². The van der Waals surface area contributed by atoms with E-state index in [4.69, 9.17) is 5.73 Å². The van der Waals surface area contributed by atoms with Gasteiger partial charge in [0.2, 0.25) is 11.7 Å². The van der Waals surface area contributed by atoms with E-state index in [2.05, 4.69) is 15.4 Å². The molecule has 0 bridgehead atoms. The van der Waals surface area contributed by atoms with Gasteiger partial charge in [-0.1, -0.05) is 48.5 Å². The van der Waals surface area contributed by atoms with Crippen LogP contribution in [0.5, 0.6) is 0 Å². The highest BCUT2D eigenvalue weighted by atomic mass is 16.2. The van der Waals surface area contributed by atoms with E-state index >= 15 is 0 Å². The van der Waals surface area contributed by atoms with E-state index < -0.39 is 5.91 Å². The number of rotatable bonds is 7. The van der Waals surface area contributed by atoms with E-state index in [1.54, 1.807) is 12.1 Å². The molecule has 0 aliphatic heterocycles. The van der Waals surface area contributed by atoms with Crippen LogP contribution in [-0.2, 0) is 16.1 Å². The zero-order valence-electron chi connectivity index (χ0n) is 14.0. The van der Waals surface area contributed by atoms with Gasteiger partial charge in [0.25, 0.3) is 5.91 Å². The molecule has 1 heterocycles. The van der Waals surface area contributed by atoms with Crippen molar-refractivity contribution in [1.82, 2.24) is 20.2 Å². The average molecular weight is 350 g/mol. The fourth-order valence-electron chi connectivity index (χ4n) is 2.45. The van der Waals surface area contributed by atoms with Crippen LogP contribution in [0.2, 0.25) is 0 Å². The number of anilines is 1. The fraction of sp³-hybridized carbons (Fsp3) is 0.167. The number of aromatic nitrogens is 4. The molecule has 8 nitrogen and oxygen atoms in total. The van der Waals surface area contributed by atoms with Crippen molar-refractivity contribution in [2.45, 2.75) is 13.0 Å². The highest BCUT2D eigenvalue weighted by Gasteiger charge is 2.18. The Morgan fingerprint density at radius 3 is 2.31 bits per heavy atom. The average Bonchev–Trinajstić information content (AvgIpc) is 3.12. The maximum absolute atomic E-state index is 12.7. The van der Waals surface area contributed by atoms with Crippen molar-refractivity contribution in [3.05, 3.63) is 60.7 Å². The van der Waals surface area contributed by atoms with Gasteiger partial charge in [0.1, 0.15) is 6.54 Å². The molecule has 2 N–H and O–H groups in total. The summed E-state index contributed by atoms with van der Waals surface area (Å²) in [5.74, 6) is -0.278. The summed E-state index contributed by atoms with van der Waals surface area (Å²) in [4.78, 5) is 26.6. The van der Waals surface area contributed by atoms with E-state index in [0.29, 0.717) is 11.5 Å². The monoisotopic (exact) mass is 350 g/mol. The molecule has 0 atom stereocenters. The molecule has 0 fully saturated rings. The van der Waals surface area contributed by atoms with E-state index in [1.165, 1.54) is 9.70 Å². The largest absolute Gasteiger partial charge is 0.370 e. The van der Waals surface area contributed by atoms with E-state index in [-0.39, 0.29) is 25.4 Å². The van der Waals surface area contributed by atoms with Crippen LogP contribution in [0.15, 0.2) is 60.7 Å². The van der Waals surface area contributed by atoms with Gasteiger partial charge in [0.05, 0.1) is 0 Å². The van der Waals surface area contributed by atoms with Crippen LogP contribution in [0.3, 0.4) is 0 Å². The lowest BCUT2D eigenvalue weighted by molar-refractivity contribution is -0.120. The second kappa shape index (κ2) is 8.02. The van der Waals surface area contributed by atoms with Gasteiger partial charge in [-0.2, -0.15) is 4.80 Å². The number of primary amides is 1. The molecule has 0 saturated carbocycles. The minimum Gasteiger partial charge on any atom is -0.370 e. The van der Waals surface area contributed by atoms with Crippen LogP contribution in [0.4, 0.5) is 5.69 Å².